The number of anilines is 7. The summed E-state index contributed by atoms with van der Waals surface area (Å²) in [5.41, 5.74) is 22.8. The predicted octanol–water partition coefficient (Wildman–Crippen LogP) is 14.8. The Hall–Kier alpha value is -7.56. The minimum absolute atomic E-state index is 0.0105. The van der Waals surface area contributed by atoms with Crippen molar-refractivity contribution in [2.45, 2.75) is 50.6 Å². The van der Waals surface area contributed by atoms with Crippen LogP contribution in [0.15, 0.2) is 218 Å². The van der Waals surface area contributed by atoms with Gasteiger partial charge in [-0.05, 0) is 165 Å². The molecule has 7 aliphatic rings. The molecule has 0 amide bonds. The van der Waals surface area contributed by atoms with E-state index in [2.05, 4.69) is 233 Å². The third kappa shape index (κ3) is 6.28. The lowest BCUT2D eigenvalue weighted by molar-refractivity contribution is -0.0593. The molecule has 0 radical (unpaired) electrons. The van der Waals surface area contributed by atoms with Crippen molar-refractivity contribution in [3.63, 3.8) is 0 Å². The minimum Gasteiger partial charge on any atom is -0.365 e. The van der Waals surface area contributed by atoms with Gasteiger partial charge in [0.2, 0.25) is 0 Å². The molecule has 9 aromatic carbocycles. The summed E-state index contributed by atoms with van der Waals surface area (Å²) in [7, 11) is 0. The van der Waals surface area contributed by atoms with Crippen molar-refractivity contribution < 1.29 is 0 Å². The first-order valence-corrected chi connectivity index (χ1v) is 26.0. The second-order valence-corrected chi connectivity index (χ2v) is 21.1. The Balaban J connectivity index is 1.00. The smallest absolute Gasteiger partial charge is 0.252 e. The Morgan fingerprint density at radius 3 is 1.26 bits per heavy atom. The number of hydrogen-bond acceptors (Lipinski definition) is 3. The number of fused-ring (bicyclic) bond motifs is 4. The molecule has 0 N–H and O–H groups in total. The molecule has 6 bridgehead atoms. The van der Waals surface area contributed by atoms with Crippen LogP contribution in [0, 0.1) is 23.7 Å². The summed E-state index contributed by atoms with van der Waals surface area (Å²) in [6.07, 6.45) is 8.28. The van der Waals surface area contributed by atoms with Crippen molar-refractivity contribution in [3.8, 4) is 44.5 Å². The van der Waals surface area contributed by atoms with Gasteiger partial charge in [-0.25, -0.2) is 0 Å². The Labute approximate surface area is 412 Å². The van der Waals surface area contributed by atoms with E-state index >= 15 is 0 Å². The number of nitrogens with zero attached hydrogens (tertiary/aromatic N) is 3. The van der Waals surface area contributed by atoms with E-state index < -0.39 is 0 Å². The van der Waals surface area contributed by atoms with Crippen molar-refractivity contribution in [1.29, 1.82) is 0 Å². The van der Waals surface area contributed by atoms with E-state index in [9.17, 15) is 0 Å². The summed E-state index contributed by atoms with van der Waals surface area (Å²) >= 11 is 0. The van der Waals surface area contributed by atoms with Crippen LogP contribution in [0.1, 0.15) is 38.5 Å². The number of hydrogen-bond donors (Lipinski definition) is 0. The second-order valence-electron chi connectivity index (χ2n) is 21.1. The fourth-order valence-electron chi connectivity index (χ4n) is 14.8. The van der Waals surface area contributed by atoms with E-state index in [-0.39, 0.29) is 6.71 Å². The topological polar surface area (TPSA) is 9.72 Å². The molecule has 5 fully saturated rings. The fraction of sp³-hybridized carbons (Fsp3) is 0.182. The molecule has 0 spiro atoms. The molecule has 4 aliphatic heterocycles. The van der Waals surface area contributed by atoms with Gasteiger partial charge in [0.25, 0.3) is 6.71 Å². The first-order chi connectivity index (χ1) is 34.7. The third-order valence-corrected chi connectivity index (χ3v) is 17.7. The van der Waals surface area contributed by atoms with Crippen LogP contribution in [0.25, 0.3) is 44.5 Å². The normalized spacial score (nSPS) is 22.1. The standard InChI is InChI=1S/C66H54BN3/c1-5-14-43(15-6-1)47-24-30-52(31-25-47)69-61-34-28-49(45-18-9-3-10-19-45)37-59(61)67-60-38-50(46-20-11-4-12-21-46)29-35-62(60)70(53-32-26-48(27-33-53)44-16-7-2-8-17-44)65-42-55(41-64(69)66(65)67)68-54-36-51-39-63(68)57-23-13-22-56(51)58(57)40-54/h1-12,14-21,24-35,37-38,41-42,51,54,56-58,63H,13,22-23,36,39-40H2. The molecule has 9 aromatic rings. The van der Waals surface area contributed by atoms with Gasteiger partial charge in [-0.1, -0.05) is 176 Å². The van der Waals surface area contributed by atoms with E-state index in [4.69, 9.17) is 0 Å². The highest BCUT2D eigenvalue weighted by Crippen LogP contribution is 2.61. The SMILES string of the molecule is c1ccc(-c2ccc(N3c4ccc(-c5ccccc5)cc4B4c5cc(-c6ccccc6)ccc5N(c5ccc(-c6ccccc6)cc5)c5cc(N6C7CC8CC6C6CCCC8C6C7)cc3c54)cc2)cc1. The molecule has 2 saturated heterocycles. The van der Waals surface area contributed by atoms with E-state index in [1.54, 1.807) is 0 Å². The Morgan fingerprint density at radius 1 is 0.343 bits per heavy atom. The van der Waals surface area contributed by atoms with E-state index in [1.807, 2.05) is 0 Å². The Bertz CT molecular complexity index is 3230. The molecule has 3 aliphatic carbocycles. The van der Waals surface area contributed by atoms with Crippen LogP contribution in [0.5, 0.6) is 0 Å². The van der Waals surface area contributed by atoms with Gasteiger partial charge in [0.15, 0.2) is 0 Å². The lowest BCUT2D eigenvalue weighted by Gasteiger charge is -2.66. The van der Waals surface area contributed by atoms with Gasteiger partial charge in [0.05, 0.1) is 0 Å². The van der Waals surface area contributed by atoms with E-state index in [1.165, 1.54) is 139 Å². The van der Waals surface area contributed by atoms with Gasteiger partial charge in [-0.3, -0.25) is 0 Å². The second kappa shape index (κ2) is 16.0. The molecule has 4 heterocycles. The largest absolute Gasteiger partial charge is 0.365 e. The van der Waals surface area contributed by atoms with Gasteiger partial charge in [-0.15, -0.1) is 0 Å². The summed E-state index contributed by atoms with van der Waals surface area (Å²) in [5, 5.41) is 0. The highest BCUT2D eigenvalue weighted by molar-refractivity contribution is 7.00. The molecule has 6 atom stereocenters. The quantitative estimate of drug-likeness (QED) is 0.148. The maximum absolute atomic E-state index is 2.99. The summed E-state index contributed by atoms with van der Waals surface area (Å²) in [6.45, 7) is -0.0105. The number of piperidine rings is 2. The van der Waals surface area contributed by atoms with Gasteiger partial charge < -0.3 is 14.7 Å². The molecule has 3 saturated carbocycles. The molecular formula is C66H54BN3. The van der Waals surface area contributed by atoms with Crippen molar-refractivity contribution in [1.82, 2.24) is 0 Å². The Morgan fingerprint density at radius 2 is 0.771 bits per heavy atom. The average Bonchev–Trinajstić information content (AvgIpc) is 3.43. The van der Waals surface area contributed by atoms with Gasteiger partial charge >= 0.3 is 0 Å². The summed E-state index contributed by atoms with van der Waals surface area (Å²) < 4.78 is 0. The first-order valence-electron chi connectivity index (χ1n) is 26.0. The Kier molecular flexibility index (Phi) is 9.22. The van der Waals surface area contributed by atoms with Crippen LogP contribution in [-0.4, -0.2) is 18.8 Å². The van der Waals surface area contributed by atoms with Crippen LogP contribution < -0.4 is 31.1 Å². The molecule has 336 valence electrons. The van der Waals surface area contributed by atoms with Crippen molar-refractivity contribution >= 4 is 62.9 Å². The predicted molar refractivity (Wildman–Crippen MR) is 294 cm³/mol. The van der Waals surface area contributed by atoms with Crippen molar-refractivity contribution in [2.24, 2.45) is 23.7 Å². The molecule has 3 nitrogen and oxygen atoms in total. The highest BCUT2D eigenvalue weighted by Gasteiger charge is 2.58. The molecule has 16 rings (SSSR count). The van der Waals surface area contributed by atoms with E-state index in [0.717, 1.165) is 23.7 Å². The van der Waals surface area contributed by atoms with E-state index in [0.29, 0.717) is 12.1 Å². The lowest BCUT2D eigenvalue weighted by atomic mass is 9.33. The van der Waals surface area contributed by atoms with Gasteiger partial charge in [0, 0.05) is 51.9 Å². The molecule has 0 aromatic heterocycles. The fourth-order valence-corrected chi connectivity index (χ4v) is 14.8. The molecule has 6 unspecified atom stereocenters. The van der Waals surface area contributed by atoms with Crippen molar-refractivity contribution in [3.05, 3.63) is 218 Å². The minimum atomic E-state index is -0.0105. The van der Waals surface area contributed by atoms with Crippen LogP contribution in [-0.2, 0) is 0 Å². The number of benzene rings is 9. The highest BCUT2D eigenvalue weighted by atomic mass is 15.2. The molecule has 70 heavy (non-hydrogen) atoms. The monoisotopic (exact) mass is 899 g/mol. The van der Waals surface area contributed by atoms with Crippen LogP contribution in [0.3, 0.4) is 0 Å². The average molecular weight is 900 g/mol. The zero-order chi connectivity index (χ0) is 45.9. The summed E-state index contributed by atoms with van der Waals surface area (Å²) in [4.78, 5) is 8.25. The lowest BCUT2D eigenvalue weighted by Crippen LogP contribution is -2.66. The summed E-state index contributed by atoms with van der Waals surface area (Å²) in [5.74, 6) is 3.54. The zero-order valence-electron chi connectivity index (χ0n) is 39.4. The van der Waals surface area contributed by atoms with Crippen molar-refractivity contribution in [2.75, 3.05) is 14.7 Å². The first kappa shape index (κ1) is 40.3. The summed E-state index contributed by atoms with van der Waals surface area (Å²) in [6, 6.07) is 83.5. The van der Waals surface area contributed by atoms with Crippen LogP contribution in [0.2, 0.25) is 0 Å². The van der Waals surface area contributed by atoms with Crippen LogP contribution in [0.4, 0.5) is 39.8 Å². The third-order valence-electron chi connectivity index (χ3n) is 17.7. The van der Waals surface area contributed by atoms with Gasteiger partial charge in [-0.2, -0.15) is 0 Å². The molecular weight excluding hydrogens is 846 g/mol. The molecule has 4 heteroatoms. The van der Waals surface area contributed by atoms with Gasteiger partial charge in [0.1, 0.15) is 0 Å². The maximum atomic E-state index is 2.99. The van der Waals surface area contributed by atoms with Crippen LogP contribution >= 0.6 is 0 Å². The number of rotatable bonds is 7. The maximum Gasteiger partial charge on any atom is 0.252 e. The zero-order valence-corrected chi connectivity index (χ0v) is 39.4.